The van der Waals surface area contributed by atoms with Gasteiger partial charge in [-0.1, -0.05) is 60.7 Å². The molecule has 0 radical (unpaired) electrons. The zero-order valence-corrected chi connectivity index (χ0v) is 15.2. The topological polar surface area (TPSA) is 57.2 Å². The van der Waals surface area contributed by atoms with E-state index < -0.39 is 36.0 Å². The van der Waals surface area contributed by atoms with Gasteiger partial charge < -0.3 is 24.1 Å². The molecule has 0 amide bonds. The first-order chi connectivity index (χ1) is 12.5. The third-order valence-corrected chi connectivity index (χ3v) is 5.08. The van der Waals surface area contributed by atoms with Gasteiger partial charge in [-0.3, -0.25) is 0 Å². The molecule has 1 N–H and O–H groups in total. The lowest BCUT2D eigenvalue weighted by Crippen LogP contribution is -2.48. The van der Waals surface area contributed by atoms with E-state index >= 15 is 0 Å². The number of rotatable bonds is 4. The van der Waals surface area contributed by atoms with Crippen LogP contribution in [0.2, 0.25) is 0 Å². The van der Waals surface area contributed by atoms with Crippen LogP contribution in [-0.2, 0) is 24.5 Å². The molecule has 4 atom stereocenters. The molecule has 0 aromatic heterocycles. The predicted molar refractivity (Wildman–Crippen MR) is 95.4 cm³/mol. The molecule has 2 fully saturated rings. The van der Waals surface area contributed by atoms with Crippen LogP contribution in [0.3, 0.4) is 0 Å². The summed E-state index contributed by atoms with van der Waals surface area (Å²) in [5.41, 5.74) is 0.0719. The Balaban J connectivity index is 1.82. The Labute approximate surface area is 153 Å². The lowest BCUT2D eigenvalue weighted by Gasteiger charge is -2.37. The second-order valence-corrected chi connectivity index (χ2v) is 7.22. The molecule has 0 saturated carbocycles. The molecule has 2 aromatic rings. The Kier molecular flexibility index (Phi) is 4.37. The first-order valence-corrected chi connectivity index (χ1v) is 8.83. The molecule has 5 nitrogen and oxygen atoms in total. The smallest absolute Gasteiger partial charge is 0.186 e. The van der Waals surface area contributed by atoms with Crippen molar-refractivity contribution in [2.75, 3.05) is 7.11 Å². The van der Waals surface area contributed by atoms with E-state index in [1.54, 1.807) is 7.11 Å². The Morgan fingerprint density at radius 3 is 1.88 bits per heavy atom. The fourth-order valence-corrected chi connectivity index (χ4v) is 3.97. The largest absolute Gasteiger partial charge is 0.378 e. The molecule has 2 aliphatic rings. The number of aliphatic hydroxyl groups is 1. The summed E-state index contributed by atoms with van der Waals surface area (Å²) in [7, 11) is 1.57. The van der Waals surface area contributed by atoms with Gasteiger partial charge in [-0.25, -0.2) is 0 Å². The van der Waals surface area contributed by atoms with Crippen LogP contribution < -0.4 is 0 Å². The molecule has 0 spiro atoms. The minimum atomic E-state index is -1.40. The maximum absolute atomic E-state index is 12.0. The maximum Gasteiger partial charge on any atom is 0.186 e. The summed E-state index contributed by atoms with van der Waals surface area (Å²) < 4.78 is 23.7. The Bertz CT molecular complexity index is 706. The van der Waals surface area contributed by atoms with E-state index in [1.165, 1.54) is 0 Å². The maximum atomic E-state index is 12.0. The molecule has 0 aliphatic carbocycles. The van der Waals surface area contributed by atoms with Crippen LogP contribution in [-0.4, -0.2) is 42.6 Å². The summed E-state index contributed by atoms with van der Waals surface area (Å²) in [6.07, 6.45) is -2.14. The second-order valence-electron chi connectivity index (χ2n) is 7.22. The second kappa shape index (κ2) is 6.44. The third kappa shape index (κ3) is 2.76. The minimum absolute atomic E-state index is 0.404. The average molecular weight is 356 g/mol. The van der Waals surface area contributed by atoms with Crippen molar-refractivity contribution in [1.82, 2.24) is 0 Å². The van der Waals surface area contributed by atoms with Crippen molar-refractivity contribution in [3.63, 3.8) is 0 Å². The summed E-state index contributed by atoms with van der Waals surface area (Å²) >= 11 is 0. The lowest BCUT2D eigenvalue weighted by molar-refractivity contribution is -0.246. The van der Waals surface area contributed by atoms with Gasteiger partial charge in [0.2, 0.25) is 0 Å². The molecule has 26 heavy (non-hydrogen) atoms. The normalized spacial score (nSPS) is 30.3. The van der Waals surface area contributed by atoms with E-state index in [2.05, 4.69) is 0 Å². The van der Waals surface area contributed by atoms with Crippen LogP contribution in [0.4, 0.5) is 0 Å². The fourth-order valence-electron chi connectivity index (χ4n) is 3.97. The van der Waals surface area contributed by atoms with Gasteiger partial charge in [0.05, 0.1) is 0 Å². The average Bonchev–Trinajstić information content (AvgIpc) is 3.15. The van der Waals surface area contributed by atoms with Gasteiger partial charge in [0, 0.05) is 7.11 Å². The van der Waals surface area contributed by atoms with Gasteiger partial charge >= 0.3 is 0 Å². The van der Waals surface area contributed by atoms with Crippen LogP contribution >= 0.6 is 0 Å². The standard InChI is InChI=1S/C21H24O5/c1-20(2)25-16-17(26-20)19(23-3)24-18(16)21(22,14-10-6-4-7-11-14)15-12-8-5-9-13-15/h4-13,16-19,22H,1-3H3/t16-,17+,18+,19+/m0/s1. The minimum Gasteiger partial charge on any atom is -0.378 e. The van der Waals surface area contributed by atoms with Gasteiger partial charge in [0.25, 0.3) is 0 Å². The molecule has 138 valence electrons. The predicted octanol–water partition coefficient (Wildman–Crippen LogP) is 2.81. The highest BCUT2D eigenvalue weighted by atomic mass is 16.8. The van der Waals surface area contributed by atoms with E-state index in [0.717, 1.165) is 11.1 Å². The summed E-state index contributed by atoms with van der Waals surface area (Å²) in [5, 5.41) is 12.0. The molecule has 2 aliphatic heterocycles. The van der Waals surface area contributed by atoms with Gasteiger partial charge in [-0.2, -0.15) is 0 Å². The van der Waals surface area contributed by atoms with E-state index in [0.29, 0.717) is 0 Å². The third-order valence-electron chi connectivity index (χ3n) is 5.08. The summed E-state index contributed by atoms with van der Waals surface area (Å²) in [6.45, 7) is 3.72. The zero-order chi connectivity index (χ0) is 18.4. The SMILES string of the molecule is CO[C@@H]1O[C@@H](C(O)(c2ccccc2)c2ccccc2)[C@H]2OC(C)(C)O[C@@H]12. The van der Waals surface area contributed by atoms with Crippen molar-refractivity contribution in [1.29, 1.82) is 0 Å². The molecule has 0 unspecified atom stereocenters. The highest BCUT2D eigenvalue weighted by Gasteiger charge is 2.62. The number of ether oxygens (including phenoxy) is 4. The number of hydrogen-bond donors (Lipinski definition) is 1. The van der Waals surface area contributed by atoms with Crippen LogP contribution in [0.15, 0.2) is 60.7 Å². The molecule has 0 bridgehead atoms. The van der Waals surface area contributed by atoms with E-state index in [1.807, 2.05) is 74.5 Å². The first kappa shape index (κ1) is 17.6. The fraction of sp³-hybridized carbons (Fsp3) is 0.429. The van der Waals surface area contributed by atoms with Crippen LogP contribution in [0, 0.1) is 0 Å². The molecule has 5 heteroatoms. The molecular weight excluding hydrogens is 332 g/mol. The Morgan fingerprint density at radius 1 is 0.885 bits per heavy atom. The highest BCUT2D eigenvalue weighted by Crippen LogP contribution is 2.47. The molecule has 4 rings (SSSR count). The van der Waals surface area contributed by atoms with E-state index in [9.17, 15) is 5.11 Å². The zero-order valence-electron chi connectivity index (χ0n) is 15.2. The number of benzene rings is 2. The van der Waals surface area contributed by atoms with Crippen molar-refractivity contribution in [2.45, 2.75) is 49.8 Å². The Hall–Kier alpha value is -1.76. The molecule has 2 aromatic carbocycles. The van der Waals surface area contributed by atoms with Crippen molar-refractivity contribution >= 4 is 0 Å². The van der Waals surface area contributed by atoms with Gasteiger partial charge in [-0.05, 0) is 25.0 Å². The molecule has 2 saturated heterocycles. The summed E-state index contributed by atoms with van der Waals surface area (Å²) in [6, 6.07) is 19.0. The van der Waals surface area contributed by atoms with E-state index in [-0.39, 0.29) is 0 Å². The number of fused-ring (bicyclic) bond motifs is 1. The van der Waals surface area contributed by atoms with Crippen LogP contribution in [0.5, 0.6) is 0 Å². The highest BCUT2D eigenvalue weighted by molar-refractivity contribution is 5.39. The van der Waals surface area contributed by atoms with Crippen molar-refractivity contribution in [2.24, 2.45) is 0 Å². The van der Waals surface area contributed by atoms with Crippen molar-refractivity contribution in [3.05, 3.63) is 71.8 Å². The van der Waals surface area contributed by atoms with Crippen molar-refractivity contribution < 1.29 is 24.1 Å². The summed E-state index contributed by atoms with van der Waals surface area (Å²) in [4.78, 5) is 0. The molecule has 2 heterocycles. The lowest BCUT2D eigenvalue weighted by atomic mass is 9.79. The number of hydrogen-bond acceptors (Lipinski definition) is 5. The molecular formula is C21H24O5. The monoisotopic (exact) mass is 356 g/mol. The van der Waals surface area contributed by atoms with Gasteiger partial charge in [0.1, 0.15) is 23.9 Å². The van der Waals surface area contributed by atoms with Gasteiger partial charge in [-0.15, -0.1) is 0 Å². The summed E-state index contributed by atoms with van der Waals surface area (Å²) in [5.74, 6) is -0.761. The first-order valence-electron chi connectivity index (χ1n) is 8.83. The van der Waals surface area contributed by atoms with Gasteiger partial charge in [0.15, 0.2) is 12.1 Å². The quantitative estimate of drug-likeness (QED) is 0.913. The van der Waals surface area contributed by atoms with Crippen LogP contribution in [0.25, 0.3) is 0 Å². The van der Waals surface area contributed by atoms with Crippen molar-refractivity contribution in [3.8, 4) is 0 Å². The number of methoxy groups -OCH3 is 1. The Morgan fingerprint density at radius 2 is 1.38 bits per heavy atom. The van der Waals surface area contributed by atoms with E-state index in [4.69, 9.17) is 18.9 Å². The van der Waals surface area contributed by atoms with Crippen LogP contribution in [0.1, 0.15) is 25.0 Å².